The summed E-state index contributed by atoms with van der Waals surface area (Å²) < 4.78 is 12.7. The van der Waals surface area contributed by atoms with E-state index in [-0.39, 0.29) is 43.3 Å². The third kappa shape index (κ3) is 15.2. The Morgan fingerprint density at radius 1 is 0.913 bits per heavy atom. The molecule has 0 saturated carbocycles. The largest absolute Gasteiger partial charge is 0.508 e. The van der Waals surface area contributed by atoms with Crippen molar-refractivity contribution in [3.05, 3.63) is 41.7 Å². The Bertz CT molecular complexity index is 1280. The van der Waals surface area contributed by atoms with Gasteiger partial charge in [-0.25, -0.2) is 4.68 Å². The number of aromatic nitrogens is 3. The molecule has 0 unspecified atom stereocenters. The molecule has 0 aliphatic carbocycles. The number of hydrogen-bond donors (Lipinski definition) is 4. The van der Waals surface area contributed by atoms with Crippen LogP contribution in [0.25, 0.3) is 0 Å². The number of hydrogen-bond acceptors (Lipinski definition) is 10. The van der Waals surface area contributed by atoms with E-state index in [1.54, 1.807) is 16.8 Å². The standard InChI is InChI=1S/C32H47N5O9/c1-21(2)16-25(18-30(41)27(33-23(4)38)17-24-7-9-26(39)10-8-24)32(44)34-28(19-31(42)43)29(40)6-5-12-45-14-15-46-13-11-37-20-22(3)35-36-37/h7-10,20-21,25,27-28,39H,5-6,11-19H2,1-4H3,(H,33,38)(H,34,44)(H,42,43)/t25-,27-,28-/m0/s1. The summed E-state index contributed by atoms with van der Waals surface area (Å²) in [5, 5.41) is 32.0. The van der Waals surface area contributed by atoms with E-state index in [2.05, 4.69) is 20.9 Å². The Kier molecular flexibility index (Phi) is 16.6. The van der Waals surface area contributed by atoms with Crippen molar-refractivity contribution in [2.24, 2.45) is 11.8 Å². The van der Waals surface area contributed by atoms with Crippen LogP contribution in [0.4, 0.5) is 0 Å². The van der Waals surface area contributed by atoms with Gasteiger partial charge in [-0.1, -0.05) is 31.2 Å². The maximum atomic E-state index is 13.4. The number of aromatic hydroxyl groups is 1. The first-order chi connectivity index (χ1) is 21.8. The second-order valence-corrected chi connectivity index (χ2v) is 11.7. The summed E-state index contributed by atoms with van der Waals surface area (Å²) in [6, 6.07) is 4.06. The Morgan fingerprint density at radius 3 is 2.17 bits per heavy atom. The topological polar surface area (TPSA) is 199 Å². The second kappa shape index (κ2) is 20.1. The van der Waals surface area contributed by atoms with Crippen LogP contribution in [0.3, 0.4) is 0 Å². The molecule has 0 aliphatic heterocycles. The highest BCUT2D eigenvalue weighted by atomic mass is 16.5. The van der Waals surface area contributed by atoms with E-state index < -0.39 is 48.0 Å². The van der Waals surface area contributed by atoms with Crippen LogP contribution in [0.1, 0.15) is 64.1 Å². The number of nitrogens with one attached hydrogen (secondary N) is 2. The molecule has 0 spiro atoms. The van der Waals surface area contributed by atoms with Crippen molar-refractivity contribution >= 4 is 29.4 Å². The normalized spacial score (nSPS) is 13.2. The van der Waals surface area contributed by atoms with E-state index in [1.807, 2.05) is 27.0 Å². The summed E-state index contributed by atoms with van der Waals surface area (Å²) in [6.07, 6.45) is 1.80. The molecule has 14 heteroatoms. The van der Waals surface area contributed by atoms with Gasteiger partial charge in [-0.2, -0.15) is 0 Å². The minimum absolute atomic E-state index is 0.00422. The van der Waals surface area contributed by atoms with E-state index in [4.69, 9.17) is 9.47 Å². The predicted octanol–water partition coefficient (Wildman–Crippen LogP) is 2.00. The van der Waals surface area contributed by atoms with Crippen LogP contribution in [0.5, 0.6) is 5.75 Å². The summed E-state index contributed by atoms with van der Waals surface area (Å²) in [5.74, 6) is -3.84. The molecule has 46 heavy (non-hydrogen) atoms. The number of ether oxygens (including phenoxy) is 2. The number of nitrogens with zero attached hydrogens (tertiary/aromatic N) is 3. The van der Waals surface area contributed by atoms with Gasteiger partial charge in [-0.05, 0) is 49.8 Å². The first-order valence-electron chi connectivity index (χ1n) is 15.5. The minimum atomic E-state index is -1.26. The number of aliphatic carboxylic acids is 1. The van der Waals surface area contributed by atoms with Gasteiger partial charge in [0.1, 0.15) is 5.75 Å². The van der Waals surface area contributed by atoms with Crippen LogP contribution >= 0.6 is 0 Å². The fourth-order valence-corrected chi connectivity index (χ4v) is 4.81. The van der Waals surface area contributed by atoms with Crippen LogP contribution in [-0.4, -0.2) is 93.1 Å². The molecule has 2 amide bonds. The average molecular weight is 646 g/mol. The first-order valence-corrected chi connectivity index (χ1v) is 15.5. The SMILES string of the molecule is CC(=O)N[C@@H](Cc1ccc(O)cc1)C(=O)C[C@H](CC(C)C)C(=O)N[C@@H](CC(=O)O)C(=O)CCCOCCOCCn1cc(C)nn1. The minimum Gasteiger partial charge on any atom is -0.508 e. The summed E-state index contributed by atoms with van der Waals surface area (Å²) in [7, 11) is 0. The van der Waals surface area contributed by atoms with E-state index in [0.29, 0.717) is 44.8 Å². The fraction of sp³-hybridized carbons (Fsp3) is 0.594. The van der Waals surface area contributed by atoms with Crippen LogP contribution in [-0.2, 0) is 46.4 Å². The first kappa shape index (κ1) is 38.0. The number of rotatable bonds is 23. The molecule has 0 saturated heterocycles. The molecule has 0 aliphatic rings. The number of amides is 2. The number of carbonyl (C=O) groups is 5. The van der Waals surface area contributed by atoms with Gasteiger partial charge in [0.2, 0.25) is 11.8 Å². The molecule has 3 atom stereocenters. The summed E-state index contributed by atoms with van der Waals surface area (Å²) in [6.45, 7) is 8.84. The number of phenolic OH excluding ortho intramolecular Hbond substituents is 1. The molecule has 0 fully saturated rings. The quantitative estimate of drug-likeness (QED) is 0.129. The number of carboxylic acids is 1. The molecule has 4 N–H and O–H groups in total. The van der Waals surface area contributed by atoms with Gasteiger partial charge in [-0.3, -0.25) is 24.0 Å². The maximum Gasteiger partial charge on any atom is 0.305 e. The van der Waals surface area contributed by atoms with Crippen molar-refractivity contribution in [3.63, 3.8) is 0 Å². The lowest BCUT2D eigenvalue weighted by Crippen LogP contribution is -2.47. The number of aryl methyl sites for hydroxylation is 1. The molecule has 0 bridgehead atoms. The van der Waals surface area contributed by atoms with Crippen molar-refractivity contribution in [1.82, 2.24) is 25.6 Å². The van der Waals surface area contributed by atoms with Crippen molar-refractivity contribution in [2.45, 2.75) is 84.8 Å². The van der Waals surface area contributed by atoms with E-state index >= 15 is 0 Å². The van der Waals surface area contributed by atoms with Gasteiger partial charge in [0.15, 0.2) is 11.6 Å². The molecular formula is C32H47N5O9. The van der Waals surface area contributed by atoms with Crippen LogP contribution in [0.15, 0.2) is 30.5 Å². The molecule has 2 aromatic rings. The van der Waals surface area contributed by atoms with E-state index in [0.717, 1.165) is 5.69 Å². The molecule has 1 aromatic heterocycles. The third-order valence-electron chi connectivity index (χ3n) is 7.00. The molecule has 1 heterocycles. The van der Waals surface area contributed by atoms with Gasteiger partial charge in [-0.15, -0.1) is 5.10 Å². The Morgan fingerprint density at radius 2 is 1.59 bits per heavy atom. The van der Waals surface area contributed by atoms with Crippen LogP contribution < -0.4 is 10.6 Å². The highest BCUT2D eigenvalue weighted by Gasteiger charge is 2.31. The van der Waals surface area contributed by atoms with Gasteiger partial charge < -0.3 is 30.3 Å². The summed E-state index contributed by atoms with van der Waals surface area (Å²) >= 11 is 0. The molecule has 0 radical (unpaired) electrons. The summed E-state index contributed by atoms with van der Waals surface area (Å²) in [5.41, 5.74) is 1.53. The monoisotopic (exact) mass is 645 g/mol. The molecule has 14 nitrogen and oxygen atoms in total. The Hall–Kier alpha value is -4.17. The number of benzene rings is 1. The number of phenols is 1. The molecule has 1 aromatic carbocycles. The third-order valence-corrected chi connectivity index (χ3v) is 7.00. The smallest absolute Gasteiger partial charge is 0.305 e. The van der Waals surface area contributed by atoms with Crippen LogP contribution in [0.2, 0.25) is 0 Å². The Balaban J connectivity index is 1.89. The predicted molar refractivity (Wildman–Crippen MR) is 167 cm³/mol. The van der Waals surface area contributed by atoms with Crippen molar-refractivity contribution in [3.8, 4) is 5.75 Å². The molecule has 2 rings (SSSR count). The number of ketones is 2. The zero-order valence-electron chi connectivity index (χ0n) is 27.1. The zero-order chi connectivity index (χ0) is 34.1. The highest BCUT2D eigenvalue weighted by Crippen LogP contribution is 2.20. The lowest BCUT2D eigenvalue weighted by molar-refractivity contribution is -0.141. The van der Waals surface area contributed by atoms with Gasteiger partial charge in [0, 0.05) is 38.5 Å². The van der Waals surface area contributed by atoms with Gasteiger partial charge in [0.25, 0.3) is 0 Å². The van der Waals surface area contributed by atoms with E-state index in [1.165, 1.54) is 19.1 Å². The highest BCUT2D eigenvalue weighted by molar-refractivity contribution is 5.95. The van der Waals surface area contributed by atoms with E-state index in [9.17, 15) is 34.2 Å². The lowest BCUT2D eigenvalue weighted by Gasteiger charge is -2.24. The fourth-order valence-electron chi connectivity index (χ4n) is 4.81. The zero-order valence-corrected chi connectivity index (χ0v) is 27.1. The van der Waals surface area contributed by atoms with Gasteiger partial charge in [0.05, 0.1) is 50.6 Å². The van der Waals surface area contributed by atoms with Crippen molar-refractivity contribution in [2.75, 3.05) is 26.4 Å². The average Bonchev–Trinajstić information content (AvgIpc) is 3.40. The lowest BCUT2D eigenvalue weighted by atomic mass is 9.88. The Labute approximate surface area is 269 Å². The van der Waals surface area contributed by atoms with Crippen molar-refractivity contribution < 1.29 is 43.7 Å². The second-order valence-electron chi connectivity index (χ2n) is 11.7. The number of Topliss-reactive ketones (excluding diaryl/α,β-unsaturated/α-hetero) is 2. The van der Waals surface area contributed by atoms with Gasteiger partial charge >= 0.3 is 5.97 Å². The van der Waals surface area contributed by atoms with Crippen LogP contribution in [0, 0.1) is 18.8 Å². The van der Waals surface area contributed by atoms with Crippen molar-refractivity contribution in [1.29, 1.82) is 0 Å². The number of carboxylic acid groups (broad SMARTS) is 1. The summed E-state index contributed by atoms with van der Waals surface area (Å²) in [4.78, 5) is 63.1. The maximum absolute atomic E-state index is 13.4. The number of carbonyl (C=O) groups excluding carboxylic acids is 4. The molecule has 254 valence electrons. The molecular weight excluding hydrogens is 598 g/mol.